The van der Waals surface area contributed by atoms with Crippen LogP contribution < -0.4 is 4.74 Å². The molecule has 0 radical (unpaired) electrons. The van der Waals surface area contributed by atoms with Crippen LogP contribution in [0.25, 0.3) is 11.3 Å². The summed E-state index contributed by atoms with van der Waals surface area (Å²) in [5.74, 6) is 0.816. The predicted molar refractivity (Wildman–Crippen MR) is 66.0 cm³/mol. The second kappa shape index (κ2) is 5.10. The lowest BCUT2D eigenvalue weighted by Crippen LogP contribution is -2.05. The molecule has 88 valence electrons. The molecule has 0 bridgehead atoms. The molecule has 0 fully saturated rings. The highest BCUT2D eigenvalue weighted by molar-refractivity contribution is 6.31. The maximum atomic E-state index is 5.94. The third kappa shape index (κ3) is 2.91. The summed E-state index contributed by atoms with van der Waals surface area (Å²) in [6.45, 7) is 3.97. The normalized spacial score (nSPS) is 10.6. The Morgan fingerprint density at radius 1 is 1.18 bits per heavy atom. The fourth-order valence-electron chi connectivity index (χ4n) is 1.40. The van der Waals surface area contributed by atoms with E-state index in [-0.39, 0.29) is 6.10 Å². The number of hydrogen-bond acceptors (Lipinski definition) is 4. The number of nitrogens with zero attached hydrogens (tertiary/aromatic N) is 3. The van der Waals surface area contributed by atoms with Crippen LogP contribution in [0.3, 0.4) is 0 Å². The Kier molecular flexibility index (Phi) is 3.54. The van der Waals surface area contributed by atoms with Crippen LogP contribution in [-0.2, 0) is 0 Å². The summed E-state index contributed by atoms with van der Waals surface area (Å²) in [6, 6.07) is 7.52. The van der Waals surface area contributed by atoms with Gasteiger partial charge in [0.2, 0.25) is 0 Å². The van der Waals surface area contributed by atoms with Gasteiger partial charge in [-0.2, -0.15) is 0 Å². The van der Waals surface area contributed by atoms with E-state index >= 15 is 0 Å². The SMILES string of the molecule is CC(C)Oc1ccc(-c2nncnc2Cl)cc1. The standard InChI is InChI=1S/C12H12ClN3O/c1-8(2)17-10-5-3-9(4-6-10)11-12(13)14-7-15-16-11/h3-8H,1-2H3. The highest BCUT2D eigenvalue weighted by Crippen LogP contribution is 2.25. The fraction of sp³-hybridized carbons (Fsp3) is 0.250. The largest absolute Gasteiger partial charge is 0.491 e. The van der Waals surface area contributed by atoms with Crippen LogP contribution in [0.5, 0.6) is 5.75 Å². The minimum absolute atomic E-state index is 0.155. The highest BCUT2D eigenvalue weighted by Gasteiger charge is 2.06. The lowest BCUT2D eigenvalue weighted by atomic mass is 10.1. The molecule has 0 spiro atoms. The van der Waals surface area contributed by atoms with Gasteiger partial charge in [0, 0.05) is 5.56 Å². The van der Waals surface area contributed by atoms with Crippen molar-refractivity contribution in [3.05, 3.63) is 35.7 Å². The van der Waals surface area contributed by atoms with Crippen molar-refractivity contribution in [2.75, 3.05) is 0 Å². The van der Waals surface area contributed by atoms with Crippen LogP contribution in [-0.4, -0.2) is 21.3 Å². The van der Waals surface area contributed by atoms with Gasteiger partial charge in [-0.15, -0.1) is 10.2 Å². The molecule has 0 aliphatic heterocycles. The van der Waals surface area contributed by atoms with E-state index in [1.807, 2.05) is 38.1 Å². The van der Waals surface area contributed by atoms with Crippen LogP contribution in [0.2, 0.25) is 5.15 Å². The Hall–Kier alpha value is -1.68. The van der Waals surface area contributed by atoms with Gasteiger partial charge >= 0.3 is 0 Å². The number of rotatable bonds is 3. The predicted octanol–water partition coefficient (Wildman–Crippen LogP) is 2.98. The molecule has 0 aliphatic rings. The second-order valence-corrected chi connectivity index (χ2v) is 4.15. The van der Waals surface area contributed by atoms with Crippen molar-refractivity contribution >= 4 is 11.6 Å². The molecular weight excluding hydrogens is 238 g/mol. The van der Waals surface area contributed by atoms with E-state index < -0.39 is 0 Å². The molecular formula is C12H12ClN3O. The second-order valence-electron chi connectivity index (χ2n) is 3.79. The number of halogens is 1. The zero-order valence-electron chi connectivity index (χ0n) is 9.59. The van der Waals surface area contributed by atoms with E-state index in [1.165, 1.54) is 6.33 Å². The average molecular weight is 250 g/mol. The Morgan fingerprint density at radius 3 is 2.47 bits per heavy atom. The van der Waals surface area contributed by atoms with Gasteiger partial charge in [0.25, 0.3) is 0 Å². The van der Waals surface area contributed by atoms with Crippen molar-refractivity contribution in [1.29, 1.82) is 0 Å². The first kappa shape index (κ1) is 11.8. The zero-order chi connectivity index (χ0) is 12.3. The summed E-state index contributed by atoms with van der Waals surface area (Å²) in [6.07, 6.45) is 1.48. The van der Waals surface area contributed by atoms with Crippen molar-refractivity contribution in [3.8, 4) is 17.0 Å². The van der Waals surface area contributed by atoms with Crippen LogP contribution in [0.1, 0.15) is 13.8 Å². The smallest absolute Gasteiger partial charge is 0.159 e. The van der Waals surface area contributed by atoms with Gasteiger partial charge in [0.1, 0.15) is 17.8 Å². The molecule has 0 aliphatic carbocycles. The van der Waals surface area contributed by atoms with Crippen molar-refractivity contribution in [2.24, 2.45) is 0 Å². The number of benzene rings is 1. The average Bonchev–Trinajstić information content (AvgIpc) is 2.30. The van der Waals surface area contributed by atoms with Crippen molar-refractivity contribution in [1.82, 2.24) is 15.2 Å². The molecule has 1 heterocycles. The number of aromatic nitrogens is 3. The summed E-state index contributed by atoms with van der Waals surface area (Å²) >= 11 is 5.94. The molecule has 0 unspecified atom stereocenters. The minimum Gasteiger partial charge on any atom is -0.491 e. The summed E-state index contributed by atoms with van der Waals surface area (Å²) in [5, 5.41) is 8.01. The molecule has 17 heavy (non-hydrogen) atoms. The Morgan fingerprint density at radius 2 is 1.88 bits per heavy atom. The van der Waals surface area contributed by atoms with Gasteiger partial charge in [-0.1, -0.05) is 11.6 Å². The minimum atomic E-state index is 0.155. The Bertz CT molecular complexity index is 499. The quantitative estimate of drug-likeness (QED) is 0.839. The van der Waals surface area contributed by atoms with Gasteiger partial charge < -0.3 is 4.74 Å². The molecule has 0 saturated carbocycles. The summed E-state index contributed by atoms with van der Waals surface area (Å²) in [5.41, 5.74) is 1.44. The van der Waals surface area contributed by atoms with Crippen LogP contribution >= 0.6 is 11.6 Å². The first-order valence-electron chi connectivity index (χ1n) is 5.27. The molecule has 5 heteroatoms. The first-order valence-corrected chi connectivity index (χ1v) is 5.65. The molecule has 0 N–H and O–H groups in total. The molecule has 4 nitrogen and oxygen atoms in total. The maximum absolute atomic E-state index is 5.94. The van der Waals surface area contributed by atoms with E-state index in [2.05, 4.69) is 15.2 Å². The van der Waals surface area contributed by atoms with E-state index in [4.69, 9.17) is 16.3 Å². The molecule has 1 aromatic heterocycles. The maximum Gasteiger partial charge on any atom is 0.159 e. The lowest BCUT2D eigenvalue weighted by molar-refractivity contribution is 0.242. The van der Waals surface area contributed by atoms with Crippen molar-refractivity contribution in [3.63, 3.8) is 0 Å². The van der Waals surface area contributed by atoms with E-state index in [9.17, 15) is 0 Å². The van der Waals surface area contributed by atoms with Gasteiger partial charge in [0.05, 0.1) is 6.10 Å². The zero-order valence-corrected chi connectivity index (χ0v) is 10.3. The summed E-state index contributed by atoms with van der Waals surface area (Å²) in [7, 11) is 0. The molecule has 0 atom stereocenters. The Labute approximate surface area is 105 Å². The number of hydrogen-bond donors (Lipinski definition) is 0. The van der Waals surface area contributed by atoms with Gasteiger partial charge in [-0.25, -0.2) is 4.98 Å². The first-order chi connectivity index (χ1) is 8.16. The van der Waals surface area contributed by atoms with E-state index in [0.717, 1.165) is 11.3 Å². The third-order valence-corrected chi connectivity index (χ3v) is 2.35. The van der Waals surface area contributed by atoms with Gasteiger partial charge in [0.15, 0.2) is 5.15 Å². The van der Waals surface area contributed by atoms with Gasteiger partial charge in [-0.3, -0.25) is 0 Å². The molecule has 2 aromatic rings. The topological polar surface area (TPSA) is 47.9 Å². The van der Waals surface area contributed by atoms with Crippen LogP contribution in [0.4, 0.5) is 0 Å². The number of ether oxygens (including phenoxy) is 1. The van der Waals surface area contributed by atoms with Crippen molar-refractivity contribution < 1.29 is 4.74 Å². The molecule has 0 saturated heterocycles. The lowest BCUT2D eigenvalue weighted by Gasteiger charge is -2.09. The van der Waals surface area contributed by atoms with E-state index in [0.29, 0.717) is 10.8 Å². The van der Waals surface area contributed by atoms with E-state index in [1.54, 1.807) is 0 Å². The fourth-order valence-corrected chi connectivity index (χ4v) is 1.59. The summed E-state index contributed by atoms with van der Waals surface area (Å²) in [4.78, 5) is 3.89. The Balaban J connectivity index is 2.27. The summed E-state index contributed by atoms with van der Waals surface area (Å²) < 4.78 is 5.55. The molecule has 0 amide bonds. The highest BCUT2D eigenvalue weighted by atomic mass is 35.5. The molecule has 1 aromatic carbocycles. The van der Waals surface area contributed by atoms with Crippen molar-refractivity contribution in [2.45, 2.75) is 20.0 Å². The van der Waals surface area contributed by atoms with Crippen LogP contribution in [0, 0.1) is 0 Å². The van der Waals surface area contributed by atoms with Crippen LogP contribution in [0.15, 0.2) is 30.6 Å². The molecule has 2 rings (SSSR count). The monoisotopic (exact) mass is 249 g/mol. The van der Waals surface area contributed by atoms with Gasteiger partial charge in [-0.05, 0) is 38.1 Å². The third-order valence-electron chi connectivity index (χ3n) is 2.08.